The van der Waals surface area contributed by atoms with E-state index < -0.39 is 0 Å². The average Bonchev–Trinajstić information content (AvgIpc) is 3.16. The van der Waals surface area contributed by atoms with Gasteiger partial charge in [0.15, 0.2) is 0 Å². The van der Waals surface area contributed by atoms with Crippen molar-refractivity contribution >= 4 is 0 Å². The van der Waals surface area contributed by atoms with Gasteiger partial charge in [0.25, 0.3) is 5.56 Å². The van der Waals surface area contributed by atoms with Crippen LogP contribution >= 0.6 is 0 Å². The highest BCUT2D eigenvalue weighted by Gasteiger charge is 2.40. The monoisotopic (exact) mass is 405 g/mol. The van der Waals surface area contributed by atoms with Gasteiger partial charge in [-0.25, -0.2) is 0 Å². The third-order valence-corrected chi connectivity index (χ3v) is 6.52. The molecule has 6 nitrogen and oxygen atoms in total. The Hall–Kier alpha value is -2.86. The molecule has 0 unspecified atom stereocenters. The number of piperidine rings is 1. The Kier molecular flexibility index (Phi) is 4.95. The largest absolute Gasteiger partial charge is 0.497 e. The van der Waals surface area contributed by atoms with E-state index in [9.17, 15) is 4.79 Å². The molecule has 2 bridgehead atoms. The van der Waals surface area contributed by atoms with Crippen LogP contribution in [0.1, 0.15) is 41.1 Å². The molecule has 0 saturated carbocycles. The van der Waals surface area contributed by atoms with E-state index in [-0.39, 0.29) is 11.6 Å². The van der Waals surface area contributed by atoms with Crippen LogP contribution in [0.2, 0.25) is 0 Å². The summed E-state index contributed by atoms with van der Waals surface area (Å²) in [6.45, 7) is 4.61. The van der Waals surface area contributed by atoms with E-state index >= 15 is 0 Å². The predicted octanol–water partition coefficient (Wildman–Crippen LogP) is 3.56. The summed E-state index contributed by atoms with van der Waals surface area (Å²) in [6.07, 6.45) is 1.94. The molecule has 3 aromatic rings. The predicted molar refractivity (Wildman–Crippen MR) is 114 cm³/mol. The number of pyridine rings is 1. The van der Waals surface area contributed by atoms with Crippen molar-refractivity contribution < 1.29 is 9.26 Å². The molecule has 1 fully saturated rings. The van der Waals surface area contributed by atoms with Gasteiger partial charge in [-0.05, 0) is 49.4 Å². The van der Waals surface area contributed by atoms with E-state index in [1.54, 1.807) is 13.2 Å². The molecule has 6 heteroatoms. The second-order valence-corrected chi connectivity index (χ2v) is 8.60. The minimum atomic E-state index is 0.107. The lowest BCUT2D eigenvalue weighted by Crippen LogP contribution is -2.49. The number of hydrogen-bond acceptors (Lipinski definition) is 5. The first-order valence-electron chi connectivity index (χ1n) is 10.6. The smallest absolute Gasteiger partial charge is 0.251 e. The van der Waals surface area contributed by atoms with E-state index in [0.717, 1.165) is 55.4 Å². The number of likely N-dealkylation sites (tertiary alicyclic amines) is 1. The minimum Gasteiger partial charge on any atom is -0.497 e. The number of methoxy groups -OCH3 is 1. The summed E-state index contributed by atoms with van der Waals surface area (Å²) in [5, 5.41) is 4.18. The molecule has 4 heterocycles. The third kappa shape index (κ3) is 3.56. The average molecular weight is 405 g/mol. The fraction of sp³-hybridized carbons (Fsp3) is 0.417. The molecule has 1 aromatic carbocycles. The van der Waals surface area contributed by atoms with Crippen LogP contribution in [0.3, 0.4) is 0 Å². The van der Waals surface area contributed by atoms with Crippen molar-refractivity contribution in [3.8, 4) is 5.75 Å². The quantitative estimate of drug-likeness (QED) is 0.650. The molecule has 0 spiro atoms. The Morgan fingerprint density at radius 1 is 1.17 bits per heavy atom. The summed E-state index contributed by atoms with van der Waals surface area (Å²) in [5.74, 6) is 2.48. The first-order chi connectivity index (χ1) is 14.6. The molecule has 30 heavy (non-hydrogen) atoms. The molecule has 0 radical (unpaired) electrons. The van der Waals surface area contributed by atoms with Gasteiger partial charge in [-0.3, -0.25) is 9.69 Å². The van der Waals surface area contributed by atoms with Crippen molar-refractivity contribution in [1.29, 1.82) is 0 Å². The summed E-state index contributed by atoms with van der Waals surface area (Å²) in [7, 11) is 1.69. The molecule has 0 amide bonds. The van der Waals surface area contributed by atoms with Crippen LogP contribution in [0.25, 0.3) is 0 Å². The maximum atomic E-state index is 12.9. The standard InChI is InChI=1S/C24H27N3O3/c1-16-9-20(25-30-16)15-26-13-18-12-19(14-26)23(27-22(18)7-4-8-24(27)28)11-17-5-3-6-21(10-17)29-2/h3-10,18-19,23H,11-15H2,1-2H3/t18-,19+,23+/m1/s1. The number of rotatable bonds is 5. The molecule has 2 aliphatic heterocycles. The van der Waals surface area contributed by atoms with Gasteiger partial charge in [0.2, 0.25) is 0 Å². The van der Waals surface area contributed by atoms with E-state index in [1.807, 2.05) is 31.2 Å². The van der Waals surface area contributed by atoms with Crippen molar-refractivity contribution in [1.82, 2.24) is 14.6 Å². The Morgan fingerprint density at radius 2 is 2.03 bits per heavy atom. The molecule has 0 aliphatic carbocycles. The SMILES string of the molecule is COc1cccc(C[C@H]2[C@H]3C[C@H](CN(Cc4cc(C)on4)C3)c3cccc(=O)n32)c1. The maximum absolute atomic E-state index is 12.9. The molecule has 2 aliphatic rings. The van der Waals surface area contributed by atoms with Gasteiger partial charge in [0.05, 0.1) is 12.8 Å². The second-order valence-electron chi connectivity index (χ2n) is 8.60. The van der Waals surface area contributed by atoms with Crippen LogP contribution in [0.15, 0.2) is 57.8 Å². The van der Waals surface area contributed by atoms with Crippen molar-refractivity contribution in [3.05, 3.63) is 81.6 Å². The van der Waals surface area contributed by atoms with Crippen LogP contribution in [0.4, 0.5) is 0 Å². The van der Waals surface area contributed by atoms with Gasteiger partial charge in [0, 0.05) is 49.4 Å². The molecule has 0 N–H and O–H groups in total. The molecule has 156 valence electrons. The van der Waals surface area contributed by atoms with Gasteiger partial charge in [-0.15, -0.1) is 0 Å². The van der Waals surface area contributed by atoms with E-state index in [4.69, 9.17) is 9.26 Å². The highest BCUT2D eigenvalue weighted by molar-refractivity contribution is 5.30. The van der Waals surface area contributed by atoms with Gasteiger partial charge < -0.3 is 13.8 Å². The van der Waals surface area contributed by atoms with Gasteiger partial charge in [0.1, 0.15) is 11.5 Å². The Morgan fingerprint density at radius 3 is 2.83 bits per heavy atom. The number of aryl methyl sites for hydroxylation is 1. The fourth-order valence-electron chi connectivity index (χ4n) is 5.29. The zero-order valence-electron chi connectivity index (χ0n) is 17.5. The molecular formula is C24H27N3O3. The molecule has 3 atom stereocenters. The van der Waals surface area contributed by atoms with Gasteiger partial charge >= 0.3 is 0 Å². The first-order valence-corrected chi connectivity index (χ1v) is 10.6. The summed E-state index contributed by atoms with van der Waals surface area (Å²) < 4.78 is 12.7. The van der Waals surface area contributed by atoms with E-state index in [2.05, 4.69) is 32.8 Å². The fourth-order valence-corrected chi connectivity index (χ4v) is 5.29. The lowest BCUT2D eigenvalue weighted by atomic mass is 9.76. The lowest BCUT2D eigenvalue weighted by molar-refractivity contribution is 0.0837. The number of ether oxygens (including phenoxy) is 1. The Bertz CT molecular complexity index is 1100. The molecule has 5 rings (SSSR count). The Balaban J connectivity index is 1.48. The highest BCUT2D eigenvalue weighted by Crippen LogP contribution is 2.42. The summed E-state index contributed by atoms with van der Waals surface area (Å²) in [6, 6.07) is 16.1. The number of benzene rings is 1. The number of aromatic nitrogens is 2. The van der Waals surface area contributed by atoms with Crippen molar-refractivity contribution in [2.24, 2.45) is 5.92 Å². The van der Waals surface area contributed by atoms with Gasteiger partial charge in [-0.2, -0.15) is 0 Å². The van der Waals surface area contributed by atoms with Crippen LogP contribution in [-0.2, 0) is 13.0 Å². The minimum absolute atomic E-state index is 0.107. The van der Waals surface area contributed by atoms with Crippen LogP contribution in [0, 0.1) is 12.8 Å². The second kappa shape index (κ2) is 7.76. The molecule has 2 aromatic heterocycles. The van der Waals surface area contributed by atoms with Crippen molar-refractivity contribution in [2.45, 2.75) is 38.3 Å². The number of nitrogens with zero attached hydrogens (tertiary/aromatic N) is 3. The zero-order valence-corrected chi connectivity index (χ0v) is 17.5. The summed E-state index contributed by atoms with van der Waals surface area (Å²) in [4.78, 5) is 15.4. The maximum Gasteiger partial charge on any atom is 0.251 e. The summed E-state index contributed by atoms with van der Waals surface area (Å²) in [5.41, 5.74) is 3.44. The highest BCUT2D eigenvalue weighted by atomic mass is 16.5. The van der Waals surface area contributed by atoms with E-state index in [1.165, 1.54) is 5.56 Å². The van der Waals surface area contributed by atoms with Crippen LogP contribution in [-0.4, -0.2) is 34.8 Å². The topological polar surface area (TPSA) is 60.5 Å². The number of fused-ring (bicyclic) bond motifs is 4. The summed E-state index contributed by atoms with van der Waals surface area (Å²) >= 11 is 0. The van der Waals surface area contributed by atoms with E-state index in [0.29, 0.717) is 11.8 Å². The lowest BCUT2D eigenvalue weighted by Gasteiger charge is -2.47. The molecule has 1 saturated heterocycles. The Labute approximate surface area is 176 Å². The van der Waals surface area contributed by atoms with Crippen LogP contribution < -0.4 is 10.3 Å². The number of hydrogen-bond donors (Lipinski definition) is 0. The van der Waals surface area contributed by atoms with Crippen molar-refractivity contribution in [3.63, 3.8) is 0 Å². The third-order valence-electron chi connectivity index (χ3n) is 6.52. The first kappa shape index (κ1) is 19.1. The van der Waals surface area contributed by atoms with Gasteiger partial charge in [-0.1, -0.05) is 23.4 Å². The van der Waals surface area contributed by atoms with Crippen LogP contribution in [0.5, 0.6) is 5.75 Å². The molecular weight excluding hydrogens is 378 g/mol. The van der Waals surface area contributed by atoms with Crippen molar-refractivity contribution in [2.75, 3.05) is 20.2 Å². The zero-order chi connectivity index (χ0) is 20.7. The normalized spacial score (nSPS) is 23.2.